The lowest BCUT2D eigenvalue weighted by molar-refractivity contribution is -0.124. The van der Waals surface area contributed by atoms with Gasteiger partial charge in [0, 0.05) is 43.4 Å². The highest BCUT2D eigenvalue weighted by atomic mass is 35.5. The van der Waals surface area contributed by atoms with Gasteiger partial charge in [0.2, 0.25) is 17.7 Å². The number of nitrogens with one attached hydrogen (secondary N) is 2. The number of carbonyl (C=O) groups is 3. The Kier molecular flexibility index (Phi) is 11.1. The van der Waals surface area contributed by atoms with Crippen molar-refractivity contribution in [3.05, 3.63) is 99.9 Å². The van der Waals surface area contributed by atoms with Crippen LogP contribution in [-0.2, 0) is 34.0 Å². The molecule has 0 spiro atoms. The monoisotopic (exact) mass is 689 g/mol. The molecule has 3 amide bonds. The van der Waals surface area contributed by atoms with Crippen LogP contribution in [0.25, 0.3) is 11.0 Å². The summed E-state index contributed by atoms with van der Waals surface area (Å²) in [5.74, 6) is 0.0327. The smallest absolute Gasteiger partial charge is 0.297 e. The number of aromatic nitrogens is 4. The van der Waals surface area contributed by atoms with Gasteiger partial charge in [-0.3, -0.25) is 23.9 Å². The van der Waals surface area contributed by atoms with E-state index in [0.717, 1.165) is 16.8 Å². The molecule has 0 aliphatic rings. The van der Waals surface area contributed by atoms with Crippen molar-refractivity contribution in [1.29, 1.82) is 0 Å². The first-order valence-electron chi connectivity index (χ1n) is 14.9. The minimum atomic E-state index is -0.379. The lowest BCUT2D eigenvalue weighted by Gasteiger charge is -2.21. The van der Waals surface area contributed by atoms with E-state index in [9.17, 15) is 14.4 Å². The molecule has 0 radical (unpaired) electrons. The number of halogens is 2. The van der Waals surface area contributed by atoms with Crippen molar-refractivity contribution in [2.75, 3.05) is 30.9 Å². The van der Waals surface area contributed by atoms with Crippen LogP contribution in [0.4, 0.5) is 11.5 Å². The standard InChI is InChI=1S/C34H33Cl2N7O5/c1-21(44)40-29-14-10-22(17-38-29)11-15-30(45)39-18-31(46)42(2)26-13-12-25(35)24(32(26)36)20-48-28-9-6-8-27-33(28)41-34(47-3)43(27)19-23-7-4-5-16-37-23/h4-10,12-14,16-17H,11,15,18-20H2,1-3H3,(H,39,45)(H,38,40,44). The predicted octanol–water partition coefficient (Wildman–Crippen LogP) is 5.44. The fourth-order valence-corrected chi connectivity index (χ4v) is 5.51. The number of aryl methyl sites for hydroxylation is 1. The van der Waals surface area contributed by atoms with Gasteiger partial charge in [0.25, 0.3) is 6.01 Å². The van der Waals surface area contributed by atoms with E-state index < -0.39 is 0 Å². The molecule has 0 saturated carbocycles. The molecule has 248 valence electrons. The maximum atomic E-state index is 13.0. The second kappa shape index (κ2) is 15.6. The van der Waals surface area contributed by atoms with Crippen LogP contribution in [0.2, 0.25) is 10.0 Å². The number of methoxy groups -OCH3 is 1. The zero-order valence-corrected chi connectivity index (χ0v) is 28.0. The van der Waals surface area contributed by atoms with E-state index in [-0.39, 0.29) is 42.3 Å². The number of fused-ring (bicyclic) bond motifs is 1. The molecule has 0 aliphatic carbocycles. The third-order valence-corrected chi connectivity index (χ3v) is 8.19. The van der Waals surface area contributed by atoms with Crippen molar-refractivity contribution in [2.45, 2.75) is 32.9 Å². The van der Waals surface area contributed by atoms with E-state index in [1.807, 2.05) is 34.9 Å². The number of para-hydroxylation sites is 1. The Morgan fingerprint density at radius 3 is 2.54 bits per heavy atom. The quantitative estimate of drug-likeness (QED) is 0.167. The average molecular weight is 691 g/mol. The molecule has 3 heterocycles. The molecular weight excluding hydrogens is 657 g/mol. The molecule has 5 rings (SSSR count). The molecule has 0 aliphatic heterocycles. The van der Waals surface area contributed by atoms with Gasteiger partial charge in [-0.05, 0) is 54.4 Å². The van der Waals surface area contributed by atoms with Crippen molar-refractivity contribution in [1.82, 2.24) is 24.8 Å². The highest BCUT2D eigenvalue weighted by Gasteiger charge is 2.21. The summed E-state index contributed by atoms with van der Waals surface area (Å²) in [6.07, 6.45) is 3.90. The number of benzene rings is 2. The number of likely N-dealkylation sites (N-methyl/N-ethyl adjacent to an activating group) is 1. The van der Waals surface area contributed by atoms with E-state index in [4.69, 9.17) is 32.7 Å². The number of hydrogen-bond donors (Lipinski definition) is 2. The maximum absolute atomic E-state index is 13.0. The van der Waals surface area contributed by atoms with Crippen molar-refractivity contribution >= 4 is 63.5 Å². The third-order valence-electron chi connectivity index (χ3n) is 7.42. The van der Waals surface area contributed by atoms with Gasteiger partial charge in [0.15, 0.2) is 0 Å². The Hall–Kier alpha value is -5.20. The van der Waals surface area contributed by atoms with Gasteiger partial charge in [0.05, 0.1) is 42.1 Å². The molecule has 0 atom stereocenters. The van der Waals surface area contributed by atoms with Crippen LogP contribution in [0, 0.1) is 0 Å². The van der Waals surface area contributed by atoms with Gasteiger partial charge in [-0.2, -0.15) is 4.98 Å². The molecule has 3 aromatic heterocycles. The number of hydrogen-bond acceptors (Lipinski definition) is 8. The number of imidazole rings is 1. The van der Waals surface area contributed by atoms with E-state index in [2.05, 4.69) is 25.6 Å². The first-order valence-corrected chi connectivity index (χ1v) is 15.7. The minimum Gasteiger partial charge on any atom is -0.486 e. The Morgan fingerprint density at radius 2 is 1.83 bits per heavy atom. The Morgan fingerprint density at radius 1 is 1.00 bits per heavy atom. The second-order valence-corrected chi connectivity index (χ2v) is 11.5. The lowest BCUT2D eigenvalue weighted by atomic mass is 10.1. The lowest BCUT2D eigenvalue weighted by Crippen LogP contribution is -2.38. The fourth-order valence-electron chi connectivity index (χ4n) is 4.91. The van der Waals surface area contributed by atoms with Gasteiger partial charge in [-0.25, -0.2) is 4.98 Å². The van der Waals surface area contributed by atoms with Crippen molar-refractivity contribution < 1.29 is 23.9 Å². The first-order chi connectivity index (χ1) is 23.1. The van der Waals surface area contributed by atoms with Gasteiger partial charge in [-0.15, -0.1) is 0 Å². The molecule has 48 heavy (non-hydrogen) atoms. The van der Waals surface area contributed by atoms with Gasteiger partial charge >= 0.3 is 0 Å². The highest BCUT2D eigenvalue weighted by molar-refractivity contribution is 6.38. The average Bonchev–Trinajstić information content (AvgIpc) is 3.44. The summed E-state index contributed by atoms with van der Waals surface area (Å²) in [4.78, 5) is 51.2. The Labute approximate surface area is 287 Å². The Balaban J connectivity index is 1.22. The number of amides is 3. The zero-order valence-electron chi connectivity index (χ0n) is 26.5. The van der Waals surface area contributed by atoms with Gasteiger partial charge in [0.1, 0.15) is 23.7 Å². The molecular formula is C34H33Cl2N7O5. The summed E-state index contributed by atoms with van der Waals surface area (Å²) in [5, 5.41) is 5.85. The van der Waals surface area contributed by atoms with Crippen molar-refractivity contribution in [3.63, 3.8) is 0 Å². The van der Waals surface area contributed by atoms with E-state index in [1.54, 1.807) is 56.9 Å². The zero-order chi connectivity index (χ0) is 34.2. The summed E-state index contributed by atoms with van der Waals surface area (Å²) in [6.45, 7) is 1.62. The molecule has 5 aromatic rings. The summed E-state index contributed by atoms with van der Waals surface area (Å²) >= 11 is 13.3. The van der Waals surface area contributed by atoms with E-state index in [0.29, 0.717) is 52.3 Å². The topological polar surface area (TPSA) is 141 Å². The summed E-state index contributed by atoms with van der Waals surface area (Å²) in [7, 11) is 3.12. The number of pyridine rings is 2. The first kappa shape index (κ1) is 34.1. The number of rotatable bonds is 13. The fraction of sp³-hybridized carbons (Fsp3) is 0.235. The molecule has 0 bridgehead atoms. The third kappa shape index (κ3) is 8.20. The maximum Gasteiger partial charge on any atom is 0.297 e. The minimum absolute atomic E-state index is 0.000542. The van der Waals surface area contributed by atoms with Crippen molar-refractivity contribution in [2.24, 2.45) is 0 Å². The molecule has 12 nitrogen and oxygen atoms in total. The largest absolute Gasteiger partial charge is 0.486 e. The van der Waals surface area contributed by atoms with Gasteiger partial charge < -0.3 is 25.0 Å². The van der Waals surface area contributed by atoms with Crippen LogP contribution >= 0.6 is 23.2 Å². The SMILES string of the molecule is COc1nc2c(OCc3c(Cl)ccc(N(C)C(=O)CNC(=O)CCc4ccc(NC(C)=O)nc4)c3Cl)cccc2n1Cc1ccccn1. The van der Waals surface area contributed by atoms with E-state index >= 15 is 0 Å². The van der Waals surface area contributed by atoms with Crippen LogP contribution in [0.1, 0.15) is 30.2 Å². The second-order valence-electron chi connectivity index (χ2n) is 10.7. The molecule has 0 saturated heterocycles. The Bertz CT molecular complexity index is 1930. The number of ether oxygens (including phenoxy) is 2. The van der Waals surface area contributed by atoms with Crippen LogP contribution in [0.15, 0.2) is 73.1 Å². The molecule has 0 unspecified atom stereocenters. The van der Waals surface area contributed by atoms with Crippen LogP contribution < -0.4 is 25.0 Å². The van der Waals surface area contributed by atoms with Crippen LogP contribution in [0.5, 0.6) is 11.8 Å². The van der Waals surface area contributed by atoms with Crippen LogP contribution in [-0.4, -0.2) is 57.9 Å². The number of carbonyl (C=O) groups excluding carboxylic acids is 3. The summed E-state index contributed by atoms with van der Waals surface area (Å²) in [6, 6.07) is 18.4. The highest BCUT2D eigenvalue weighted by Crippen LogP contribution is 2.36. The van der Waals surface area contributed by atoms with Crippen LogP contribution in [0.3, 0.4) is 0 Å². The normalized spacial score (nSPS) is 10.9. The summed E-state index contributed by atoms with van der Waals surface area (Å²) in [5.41, 5.74) is 3.94. The molecule has 14 heteroatoms. The molecule has 0 fully saturated rings. The van der Waals surface area contributed by atoms with Gasteiger partial charge in [-0.1, -0.05) is 41.4 Å². The number of nitrogens with zero attached hydrogens (tertiary/aromatic N) is 5. The number of anilines is 2. The molecule has 2 aromatic carbocycles. The molecule has 2 N–H and O–H groups in total. The predicted molar refractivity (Wildman–Crippen MR) is 184 cm³/mol. The summed E-state index contributed by atoms with van der Waals surface area (Å²) < 4.78 is 13.7. The van der Waals surface area contributed by atoms with Crippen molar-refractivity contribution in [3.8, 4) is 11.8 Å². The van der Waals surface area contributed by atoms with E-state index in [1.165, 1.54) is 11.8 Å².